The number of nitrogens with zero attached hydrogens (tertiary/aromatic N) is 5. The van der Waals surface area contributed by atoms with Crippen LogP contribution in [0.15, 0.2) is 10.9 Å². The molecule has 3 heterocycles. The molecule has 2 aromatic rings. The summed E-state index contributed by atoms with van der Waals surface area (Å²) < 4.78 is 2.66. The van der Waals surface area contributed by atoms with E-state index in [9.17, 15) is 19.5 Å². The molecular formula is C24H30N6O4. The molecule has 0 spiro atoms. The minimum Gasteiger partial charge on any atom is -0.494 e. The van der Waals surface area contributed by atoms with Crippen LogP contribution in [0.3, 0.4) is 0 Å². The van der Waals surface area contributed by atoms with Crippen molar-refractivity contribution < 1.29 is 14.7 Å². The van der Waals surface area contributed by atoms with Gasteiger partial charge < -0.3 is 15.3 Å². The standard InChI is InChI=1S/C24H30N6O4/c1-14(2)13-29-22-18(6-7-19(31)28-10-8-16(12-25)9-11-28)15(3)27-30(22)24(34)20(23(29)33)21(32)26-17-4-5-17/h6-7,14,16-17,33H,4-5,8-11,13H2,1-3H3,(H,26,32)/b7-6+. The number of aromatic nitrogens is 3. The second-order valence-corrected chi connectivity index (χ2v) is 9.55. The summed E-state index contributed by atoms with van der Waals surface area (Å²) in [6.45, 7) is 7.04. The van der Waals surface area contributed by atoms with Crippen LogP contribution in [-0.4, -0.2) is 55.1 Å². The fourth-order valence-electron chi connectivity index (χ4n) is 4.27. The normalized spacial score (nSPS) is 17.0. The minimum atomic E-state index is -0.696. The molecule has 0 bridgehead atoms. The molecule has 2 N–H and O–H groups in total. The second-order valence-electron chi connectivity index (χ2n) is 9.55. The van der Waals surface area contributed by atoms with Crippen molar-refractivity contribution in [3.05, 3.63) is 33.3 Å². The topological polar surface area (TPSA) is 133 Å². The number of carbonyl (C=O) groups excluding carboxylic acids is 2. The van der Waals surface area contributed by atoms with E-state index in [2.05, 4.69) is 16.5 Å². The Hall–Kier alpha value is -3.61. The highest BCUT2D eigenvalue weighted by molar-refractivity contribution is 5.97. The highest BCUT2D eigenvalue weighted by Gasteiger charge is 2.30. The van der Waals surface area contributed by atoms with Crippen molar-refractivity contribution in [2.24, 2.45) is 11.8 Å². The molecule has 2 aromatic heterocycles. The molecule has 4 rings (SSSR count). The van der Waals surface area contributed by atoms with E-state index in [0.717, 1.165) is 17.4 Å². The van der Waals surface area contributed by atoms with E-state index in [-0.39, 0.29) is 29.3 Å². The molecule has 1 saturated heterocycles. The molecule has 0 radical (unpaired) electrons. The number of amides is 2. The van der Waals surface area contributed by atoms with Gasteiger partial charge in [-0.1, -0.05) is 13.8 Å². The van der Waals surface area contributed by atoms with Crippen molar-refractivity contribution in [1.29, 1.82) is 5.26 Å². The fraction of sp³-hybridized carbons (Fsp3) is 0.542. The van der Waals surface area contributed by atoms with Crippen molar-refractivity contribution in [3.63, 3.8) is 0 Å². The van der Waals surface area contributed by atoms with Gasteiger partial charge in [-0.15, -0.1) is 0 Å². The molecule has 1 aliphatic carbocycles. The highest BCUT2D eigenvalue weighted by Crippen LogP contribution is 2.26. The van der Waals surface area contributed by atoms with Crippen molar-refractivity contribution >= 4 is 23.5 Å². The quantitative estimate of drug-likeness (QED) is 0.624. The van der Waals surface area contributed by atoms with Gasteiger partial charge in [-0.25, -0.2) is 0 Å². The molecule has 2 fully saturated rings. The summed E-state index contributed by atoms with van der Waals surface area (Å²) >= 11 is 0. The Morgan fingerprint density at radius 1 is 1.26 bits per heavy atom. The first-order chi connectivity index (χ1) is 16.2. The van der Waals surface area contributed by atoms with Crippen LogP contribution in [0.4, 0.5) is 0 Å². The second kappa shape index (κ2) is 9.33. The van der Waals surface area contributed by atoms with E-state index in [0.29, 0.717) is 49.4 Å². The molecule has 34 heavy (non-hydrogen) atoms. The zero-order valence-corrected chi connectivity index (χ0v) is 19.7. The SMILES string of the molecule is Cc1nn2c(=O)c(C(=O)NC3CC3)c(O)n(CC(C)C)c2c1/C=C/C(=O)N1CCC(C#N)CC1. The average molecular weight is 467 g/mol. The van der Waals surface area contributed by atoms with Gasteiger partial charge >= 0.3 is 0 Å². The summed E-state index contributed by atoms with van der Waals surface area (Å²) in [6.07, 6.45) is 6.06. The average Bonchev–Trinajstić information content (AvgIpc) is 3.55. The summed E-state index contributed by atoms with van der Waals surface area (Å²) in [4.78, 5) is 40.4. The van der Waals surface area contributed by atoms with Crippen LogP contribution in [-0.2, 0) is 11.3 Å². The van der Waals surface area contributed by atoms with Crippen molar-refractivity contribution in [2.75, 3.05) is 13.1 Å². The Morgan fingerprint density at radius 3 is 2.53 bits per heavy atom. The first kappa shape index (κ1) is 23.5. The molecule has 1 aliphatic heterocycles. The minimum absolute atomic E-state index is 0.0188. The Bertz CT molecular complexity index is 1250. The Labute approximate surface area is 197 Å². The predicted octanol–water partition coefficient (Wildman–Crippen LogP) is 1.83. The lowest BCUT2D eigenvalue weighted by Crippen LogP contribution is -2.37. The molecule has 180 valence electrons. The van der Waals surface area contributed by atoms with Crippen LogP contribution in [0.2, 0.25) is 0 Å². The molecule has 1 saturated carbocycles. The Morgan fingerprint density at radius 2 is 1.94 bits per heavy atom. The third-order valence-corrected chi connectivity index (χ3v) is 6.29. The van der Waals surface area contributed by atoms with Crippen LogP contribution in [0.25, 0.3) is 11.7 Å². The number of aryl methyl sites for hydroxylation is 1. The first-order valence-electron chi connectivity index (χ1n) is 11.7. The van der Waals surface area contributed by atoms with Crippen molar-refractivity contribution in [2.45, 2.75) is 59.0 Å². The predicted molar refractivity (Wildman–Crippen MR) is 125 cm³/mol. The van der Waals surface area contributed by atoms with E-state index >= 15 is 0 Å². The highest BCUT2D eigenvalue weighted by atomic mass is 16.3. The Balaban J connectivity index is 1.74. The van der Waals surface area contributed by atoms with E-state index in [4.69, 9.17) is 5.26 Å². The van der Waals surface area contributed by atoms with Gasteiger partial charge in [0.05, 0.1) is 11.8 Å². The number of nitriles is 1. The van der Waals surface area contributed by atoms with Crippen LogP contribution in [0, 0.1) is 30.1 Å². The third-order valence-electron chi connectivity index (χ3n) is 6.29. The first-order valence-corrected chi connectivity index (χ1v) is 11.7. The van der Waals surface area contributed by atoms with Crippen molar-refractivity contribution in [1.82, 2.24) is 24.4 Å². The Kier molecular flexibility index (Phi) is 6.46. The molecular weight excluding hydrogens is 436 g/mol. The molecule has 10 nitrogen and oxygen atoms in total. The van der Waals surface area contributed by atoms with Crippen LogP contribution in [0.5, 0.6) is 5.88 Å². The van der Waals surface area contributed by atoms with Gasteiger partial charge in [-0.2, -0.15) is 14.9 Å². The molecule has 0 aromatic carbocycles. The number of likely N-dealkylation sites (tertiary alicyclic amines) is 1. The maximum absolute atomic E-state index is 13.2. The lowest BCUT2D eigenvalue weighted by atomic mass is 9.98. The summed E-state index contributed by atoms with van der Waals surface area (Å²) in [5, 5.41) is 27.2. The van der Waals surface area contributed by atoms with E-state index in [1.807, 2.05) is 13.8 Å². The van der Waals surface area contributed by atoms with E-state index < -0.39 is 17.3 Å². The van der Waals surface area contributed by atoms with Gasteiger partial charge in [0.15, 0.2) is 5.56 Å². The molecule has 10 heteroatoms. The number of nitrogens with one attached hydrogen (secondary N) is 1. The maximum atomic E-state index is 13.2. The summed E-state index contributed by atoms with van der Waals surface area (Å²) in [6, 6.07) is 2.28. The van der Waals surface area contributed by atoms with Gasteiger partial charge in [0.25, 0.3) is 11.5 Å². The van der Waals surface area contributed by atoms with Gasteiger partial charge in [0, 0.05) is 43.2 Å². The van der Waals surface area contributed by atoms with E-state index in [1.165, 1.54) is 10.6 Å². The van der Waals surface area contributed by atoms with Gasteiger partial charge in [0.1, 0.15) is 5.65 Å². The van der Waals surface area contributed by atoms with Crippen LogP contribution in [0.1, 0.15) is 61.1 Å². The lowest BCUT2D eigenvalue weighted by molar-refractivity contribution is -0.127. The smallest absolute Gasteiger partial charge is 0.291 e. The molecule has 0 unspecified atom stereocenters. The number of carbonyl (C=O) groups is 2. The monoisotopic (exact) mass is 466 g/mol. The number of fused-ring (bicyclic) bond motifs is 1. The van der Waals surface area contributed by atoms with Crippen LogP contribution < -0.4 is 10.9 Å². The molecule has 2 aliphatic rings. The van der Waals surface area contributed by atoms with Gasteiger partial charge in [-0.05, 0) is 44.6 Å². The fourth-order valence-corrected chi connectivity index (χ4v) is 4.27. The van der Waals surface area contributed by atoms with Gasteiger partial charge in [0.2, 0.25) is 11.8 Å². The number of aromatic hydroxyl groups is 1. The number of rotatable bonds is 6. The van der Waals surface area contributed by atoms with Gasteiger partial charge in [-0.3, -0.25) is 19.0 Å². The van der Waals surface area contributed by atoms with E-state index in [1.54, 1.807) is 17.9 Å². The lowest BCUT2D eigenvalue weighted by Gasteiger charge is -2.28. The summed E-state index contributed by atoms with van der Waals surface area (Å²) in [5.41, 5.74) is 0.347. The summed E-state index contributed by atoms with van der Waals surface area (Å²) in [5.74, 6) is -1.10. The number of hydrogen-bond acceptors (Lipinski definition) is 6. The third kappa shape index (κ3) is 4.55. The molecule has 2 amide bonds. The number of hydrogen-bond donors (Lipinski definition) is 2. The zero-order chi connectivity index (χ0) is 24.6. The molecule has 0 atom stereocenters. The maximum Gasteiger partial charge on any atom is 0.291 e. The largest absolute Gasteiger partial charge is 0.494 e. The number of piperidine rings is 1. The summed E-state index contributed by atoms with van der Waals surface area (Å²) in [7, 11) is 0. The van der Waals surface area contributed by atoms with Crippen molar-refractivity contribution in [3.8, 4) is 11.9 Å². The van der Waals surface area contributed by atoms with Crippen LogP contribution >= 0.6 is 0 Å². The zero-order valence-electron chi connectivity index (χ0n) is 19.7.